The summed E-state index contributed by atoms with van der Waals surface area (Å²) in [5.74, 6) is 0.877. The first-order chi connectivity index (χ1) is 10.8. The monoisotopic (exact) mass is 316 g/mol. The molecule has 1 N–H and O–H groups in total. The number of carbonyl (C=O) groups excluding carboxylic acids is 1. The summed E-state index contributed by atoms with van der Waals surface area (Å²) in [5, 5.41) is 8.32. The van der Waals surface area contributed by atoms with Crippen molar-refractivity contribution in [1.29, 1.82) is 0 Å². The molecule has 0 atom stereocenters. The molecule has 22 heavy (non-hydrogen) atoms. The fourth-order valence-electron chi connectivity index (χ4n) is 1.73. The number of hydrogen-bond donors (Lipinski definition) is 1. The molecule has 0 unspecified atom stereocenters. The molecular weight excluding hydrogens is 304 g/mol. The lowest BCUT2D eigenvalue weighted by Gasteiger charge is -2.04. The van der Waals surface area contributed by atoms with Crippen LogP contribution in [0.15, 0.2) is 40.5 Å². The molecule has 7 nitrogen and oxygen atoms in total. The van der Waals surface area contributed by atoms with Crippen molar-refractivity contribution in [3.05, 3.63) is 41.7 Å². The highest BCUT2D eigenvalue weighted by Gasteiger charge is 2.15. The van der Waals surface area contributed by atoms with Crippen LogP contribution in [0.3, 0.4) is 0 Å². The first-order valence-electron chi connectivity index (χ1n) is 6.53. The van der Waals surface area contributed by atoms with Gasteiger partial charge in [0.05, 0.1) is 11.5 Å². The lowest BCUT2D eigenvalue weighted by Crippen LogP contribution is -2.13. The minimum Gasteiger partial charge on any atom is -0.478 e. The van der Waals surface area contributed by atoms with E-state index in [0.717, 1.165) is 4.88 Å². The molecule has 0 aliphatic carbocycles. The summed E-state index contributed by atoms with van der Waals surface area (Å²) in [6.07, 6.45) is 1.32. The summed E-state index contributed by atoms with van der Waals surface area (Å²) < 4.78 is 10.4. The number of anilines is 1. The summed E-state index contributed by atoms with van der Waals surface area (Å²) in [6.45, 7) is 2.33. The standard InChI is InChI=1S/C14H12N4O3S/c1-2-20-13-7-12(15-8-16-13)17-14(19)9-6-10(21-18-9)11-4-3-5-22-11/h3-8H,2H2,1H3,(H,15,16,17,19). The summed E-state index contributed by atoms with van der Waals surface area (Å²) in [7, 11) is 0. The van der Waals surface area contributed by atoms with Crippen LogP contribution < -0.4 is 10.1 Å². The maximum absolute atomic E-state index is 12.1. The molecule has 3 rings (SSSR count). The summed E-state index contributed by atoms with van der Waals surface area (Å²) in [4.78, 5) is 20.9. The van der Waals surface area contributed by atoms with Crippen LogP contribution in [0.4, 0.5) is 5.82 Å². The number of amides is 1. The van der Waals surface area contributed by atoms with Gasteiger partial charge in [0.15, 0.2) is 11.5 Å². The van der Waals surface area contributed by atoms with E-state index in [1.807, 2.05) is 24.4 Å². The van der Waals surface area contributed by atoms with Crippen molar-refractivity contribution in [3.8, 4) is 16.5 Å². The third kappa shape index (κ3) is 3.12. The van der Waals surface area contributed by atoms with Gasteiger partial charge in [0.25, 0.3) is 5.91 Å². The number of nitrogens with zero attached hydrogens (tertiary/aromatic N) is 3. The average molecular weight is 316 g/mol. The second-order valence-corrected chi connectivity index (χ2v) is 5.13. The average Bonchev–Trinajstić information content (AvgIpc) is 3.19. The first-order valence-corrected chi connectivity index (χ1v) is 7.41. The van der Waals surface area contributed by atoms with Crippen LogP contribution in [-0.4, -0.2) is 27.6 Å². The van der Waals surface area contributed by atoms with Crippen LogP contribution in [-0.2, 0) is 0 Å². The highest BCUT2D eigenvalue weighted by Crippen LogP contribution is 2.25. The number of aromatic nitrogens is 3. The molecule has 3 heterocycles. The number of ether oxygens (including phenoxy) is 1. The fraction of sp³-hybridized carbons (Fsp3) is 0.143. The Morgan fingerprint density at radius 2 is 2.32 bits per heavy atom. The lowest BCUT2D eigenvalue weighted by molar-refractivity contribution is 0.101. The van der Waals surface area contributed by atoms with E-state index in [2.05, 4.69) is 20.4 Å². The summed E-state index contributed by atoms with van der Waals surface area (Å²) >= 11 is 1.51. The van der Waals surface area contributed by atoms with Crippen LogP contribution in [0.25, 0.3) is 10.6 Å². The molecule has 0 aliphatic rings. The minimum absolute atomic E-state index is 0.181. The number of carbonyl (C=O) groups is 1. The van der Waals surface area contributed by atoms with Crippen molar-refractivity contribution in [2.75, 3.05) is 11.9 Å². The van der Waals surface area contributed by atoms with Crippen molar-refractivity contribution >= 4 is 23.1 Å². The highest BCUT2D eigenvalue weighted by molar-refractivity contribution is 7.13. The van der Waals surface area contributed by atoms with Crippen molar-refractivity contribution in [3.63, 3.8) is 0 Å². The second kappa shape index (κ2) is 6.35. The summed E-state index contributed by atoms with van der Waals surface area (Å²) in [5.41, 5.74) is 0.181. The fourth-order valence-corrected chi connectivity index (χ4v) is 2.41. The molecule has 8 heteroatoms. The Hall–Kier alpha value is -2.74. The van der Waals surface area contributed by atoms with Gasteiger partial charge in [-0.1, -0.05) is 11.2 Å². The number of rotatable bonds is 5. The SMILES string of the molecule is CCOc1cc(NC(=O)c2cc(-c3cccs3)on2)ncn1. The van der Waals surface area contributed by atoms with Gasteiger partial charge < -0.3 is 14.6 Å². The molecule has 0 aromatic carbocycles. The van der Waals surface area contributed by atoms with E-state index in [1.54, 1.807) is 12.1 Å². The Bertz CT molecular complexity index is 770. The van der Waals surface area contributed by atoms with E-state index in [-0.39, 0.29) is 5.69 Å². The molecule has 3 aromatic rings. The van der Waals surface area contributed by atoms with Gasteiger partial charge in [-0.15, -0.1) is 11.3 Å². The highest BCUT2D eigenvalue weighted by atomic mass is 32.1. The van der Waals surface area contributed by atoms with E-state index in [1.165, 1.54) is 17.7 Å². The van der Waals surface area contributed by atoms with Crippen LogP contribution in [0.1, 0.15) is 17.4 Å². The van der Waals surface area contributed by atoms with Crippen LogP contribution in [0.2, 0.25) is 0 Å². The molecule has 0 fully saturated rings. The largest absolute Gasteiger partial charge is 0.478 e. The number of hydrogen-bond acceptors (Lipinski definition) is 7. The maximum Gasteiger partial charge on any atom is 0.279 e. The smallest absolute Gasteiger partial charge is 0.279 e. The molecule has 1 amide bonds. The van der Waals surface area contributed by atoms with Crippen molar-refractivity contribution < 1.29 is 14.1 Å². The Morgan fingerprint density at radius 3 is 3.09 bits per heavy atom. The molecule has 0 saturated carbocycles. The van der Waals surface area contributed by atoms with Crippen LogP contribution in [0.5, 0.6) is 5.88 Å². The Labute approximate surface area is 130 Å². The molecule has 112 valence electrons. The second-order valence-electron chi connectivity index (χ2n) is 4.18. The Kier molecular flexibility index (Phi) is 4.10. The lowest BCUT2D eigenvalue weighted by atomic mass is 10.3. The predicted octanol–water partition coefficient (Wildman–Crippen LogP) is 2.84. The van der Waals surface area contributed by atoms with Crippen molar-refractivity contribution in [1.82, 2.24) is 15.1 Å². The van der Waals surface area contributed by atoms with Gasteiger partial charge in [-0.05, 0) is 18.4 Å². The topological polar surface area (TPSA) is 90.1 Å². The minimum atomic E-state index is -0.410. The maximum atomic E-state index is 12.1. The molecule has 0 radical (unpaired) electrons. The van der Waals surface area contributed by atoms with E-state index in [0.29, 0.717) is 24.1 Å². The molecule has 0 aliphatic heterocycles. The zero-order valence-corrected chi connectivity index (χ0v) is 12.5. The van der Waals surface area contributed by atoms with Gasteiger partial charge in [0, 0.05) is 12.1 Å². The number of thiophene rings is 1. The summed E-state index contributed by atoms with van der Waals surface area (Å²) in [6, 6.07) is 6.93. The van der Waals surface area contributed by atoms with E-state index < -0.39 is 5.91 Å². The van der Waals surface area contributed by atoms with Crippen LogP contribution in [0, 0.1) is 0 Å². The normalized spacial score (nSPS) is 10.4. The Morgan fingerprint density at radius 1 is 1.41 bits per heavy atom. The first kappa shape index (κ1) is 14.2. The third-order valence-corrected chi connectivity index (χ3v) is 3.57. The van der Waals surface area contributed by atoms with Gasteiger partial charge in [-0.3, -0.25) is 4.79 Å². The van der Waals surface area contributed by atoms with Gasteiger partial charge in [-0.25, -0.2) is 9.97 Å². The van der Waals surface area contributed by atoms with E-state index in [9.17, 15) is 4.79 Å². The quantitative estimate of drug-likeness (QED) is 0.778. The van der Waals surface area contributed by atoms with Crippen molar-refractivity contribution in [2.24, 2.45) is 0 Å². The molecular formula is C14H12N4O3S. The van der Waals surface area contributed by atoms with E-state index >= 15 is 0 Å². The Balaban J connectivity index is 1.73. The number of nitrogens with one attached hydrogen (secondary N) is 1. The molecule has 0 saturated heterocycles. The molecule has 3 aromatic heterocycles. The van der Waals surface area contributed by atoms with Crippen molar-refractivity contribution in [2.45, 2.75) is 6.92 Å². The predicted molar refractivity (Wildman–Crippen MR) is 81.0 cm³/mol. The zero-order valence-electron chi connectivity index (χ0n) is 11.6. The molecule has 0 spiro atoms. The zero-order chi connectivity index (χ0) is 15.4. The van der Waals surface area contributed by atoms with Gasteiger partial charge >= 0.3 is 0 Å². The van der Waals surface area contributed by atoms with Gasteiger partial charge in [-0.2, -0.15) is 0 Å². The van der Waals surface area contributed by atoms with Gasteiger partial charge in [0.2, 0.25) is 5.88 Å². The third-order valence-electron chi connectivity index (χ3n) is 2.68. The van der Waals surface area contributed by atoms with Crippen LogP contribution >= 0.6 is 11.3 Å². The van der Waals surface area contributed by atoms with E-state index in [4.69, 9.17) is 9.26 Å². The van der Waals surface area contributed by atoms with Gasteiger partial charge in [0.1, 0.15) is 12.1 Å². The molecule has 0 bridgehead atoms.